The summed E-state index contributed by atoms with van der Waals surface area (Å²) in [4.78, 5) is 0. The fourth-order valence-corrected chi connectivity index (χ4v) is 4.36. The van der Waals surface area contributed by atoms with Crippen LogP contribution in [0, 0.1) is 35.5 Å². The van der Waals surface area contributed by atoms with Crippen molar-refractivity contribution in [2.45, 2.75) is 59.8 Å². The van der Waals surface area contributed by atoms with Crippen molar-refractivity contribution >= 4 is 0 Å². The Hall–Kier alpha value is 0. The zero-order valence-electron chi connectivity index (χ0n) is 11.0. The van der Waals surface area contributed by atoms with E-state index in [1.54, 1.807) is 0 Å². The lowest BCUT2D eigenvalue weighted by Gasteiger charge is -2.48. The smallest absolute Gasteiger partial charge is 0.0350 e. The van der Waals surface area contributed by atoms with Crippen molar-refractivity contribution in [1.29, 1.82) is 0 Å². The van der Waals surface area contributed by atoms with E-state index in [0.29, 0.717) is 0 Å². The van der Waals surface area contributed by atoms with Crippen LogP contribution in [0.15, 0.2) is 0 Å². The van der Waals surface area contributed by atoms with Crippen LogP contribution in [0.1, 0.15) is 59.8 Å². The minimum absolute atomic E-state index is 0.912. The molecule has 0 aliphatic heterocycles. The Labute approximate surface area is 95.8 Å². The van der Waals surface area contributed by atoms with Gasteiger partial charge in [-0.1, -0.05) is 40.5 Å². The van der Waals surface area contributed by atoms with Gasteiger partial charge in [0.1, 0.15) is 0 Å². The number of rotatable bonds is 1. The van der Waals surface area contributed by atoms with Gasteiger partial charge in [-0.15, -0.1) is 0 Å². The topological polar surface area (TPSA) is 0 Å². The maximum Gasteiger partial charge on any atom is -0.0350 e. The van der Waals surface area contributed by atoms with E-state index in [4.69, 9.17) is 0 Å². The summed E-state index contributed by atoms with van der Waals surface area (Å²) in [5.41, 5.74) is 0. The standard InChI is InChI=1S/C15H28/c1-10(2)13-8-6-12(4)14-7-5-11(3)9-15(13)14/h10-15H,5-9H2,1-4H3/t11-,12+,13-,14?,15?/m0/s1. The third-order valence-electron chi connectivity index (χ3n) is 5.31. The molecular weight excluding hydrogens is 180 g/mol. The molecule has 0 bridgehead atoms. The van der Waals surface area contributed by atoms with E-state index in [9.17, 15) is 0 Å². The third-order valence-corrected chi connectivity index (χ3v) is 5.31. The Morgan fingerprint density at radius 2 is 1.60 bits per heavy atom. The molecule has 0 nitrogen and oxygen atoms in total. The summed E-state index contributed by atoms with van der Waals surface area (Å²) in [5, 5.41) is 0. The summed E-state index contributed by atoms with van der Waals surface area (Å²) in [6.07, 6.45) is 7.55. The molecule has 0 heterocycles. The SMILES string of the molecule is CC(C)[C@@H]1CC[C@@H](C)C2CC[C@H](C)CC21. The zero-order chi connectivity index (χ0) is 11.0. The van der Waals surface area contributed by atoms with E-state index in [-0.39, 0.29) is 0 Å². The van der Waals surface area contributed by atoms with Crippen LogP contribution in [0.3, 0.4) is 0 Å². The van der Waals surface area contributed by atoms with Gasteiger partial charge in [0.15, 0.2) is 0 Å². The van der Waals surface area contributed by atoms with E-state index in [2.05, 4.69) is 27.7 Å². The molecule has 0 radical (unpaired) electrons. The van der Waals surface area contributed by atoms with Crippen molar-refractivity contribution < 1.29 is 0 Å². The highest BCUT2D eigenvalue weighted by Crippen LogP contribution is 2.50. The van der Waals surface area contributed by atoms with Crippen LogP contribution in [0.4, 0.5) is 0 Å². The van der Waals surface area contributed by atoms with Gasteiger partial charge in [0.05, 0.1) is 0 Å². The van der Waals surface area contributed by atoms with Gasteiger partial charge in [-0.3, -0.25) is 0 Å². The second kappa shape index (κ2) is 4.47. The lowest BCUT2D eigenvalue weighted by Crippen LogP contribution is -2.39. The third kappa shape index (κ3) is 2.24. The Morgan fingerprint density at radius 3 is 2.27 bits per heavy atom. The van der Waals surface area contributed by atoms with E-state index in [0.717, 1.165) is 35.5 Å². The lowest BCUT2D eigenvalue weighted by atomic mass is 9.57. The molecule has 0 amide bonds. The van der Waals surface area contributed by atoms with Crippen LogP contribution in [0.5, 0.6) is 0 Å². The average Bonchev–Trinajstić information content (AvgIpc) is 2.17. The molecular formula is C15H28. The first kappa shape index (κ1) is 11.5. The summed E-state index contributed by atoms with van der Waals surface area (Å²) < 4.78 is 0. The second-order valence-corrected chi connectivity index (χ2v) is 6.71. The molecule has 15 heavy (non-hydrogen) atoms. The Bertz CT molecular complexity index is 202. The maximum absolute atomic E-state index is 2.50. The van der Waals surface area contributed by atoms with Crippen molar-refractivity contribution in [3.8, 4) is 0 Å². The van der Waals surface area contributed by atoms with Crippen LogP contribution in [0.25, 0.3) is 0 Å². The van der Waals surface area contributed by atoms with Gasteiger partial charge in [-0.2, -0.15) is 0 Å². The predicted octanol–water partition coefficient (Wildman–Crippen LogP) is 4.74. The molecule has 2 unspecified atom stereocenters. The van der Waals surface area contributed by atoms with Crippen molar-refractivity contribution in [2.24, 2.45) is 35.5 Å². The van der Waals surface area contributed by atoms with Crippen molar-refractivity contribution in [3.05, 3.63) is 0 Å². The lowest BCUT2D eigenvalue weighted by molar-refractivity contribution is 0.0182. The number of fused-ring (bicyclic) bond motifs is 1. The molecule has 0 spiro atoms. The summed E-state index contributed by atoms with van der Waals surface area (Å²) in [7, 11) is 0. The van der Waals surface area contributed by atoms with E-state index in [1.165, 1.54) is 32.1 Å². The first-order valence-electron chi connectivity index (χ1n) is 7.09. The number of hydrogen-bond acceptors (Lipinski definition) is 0. The second-order valence-electron chi connectivity index (χ2n) is 6.71. The Morgan fingerprint density at radius 1 is 0.867 bits per heavy atom. The summed E-state index contributed by atoms with van der Waals surface area (Å²) >= 11 is 0. The van der Waals surface area contributed by atoms with Crippen molar-refractivity contribution in [2.75, 3.05) is 0 Å². The molecule has 0 heteroatoms. The van der Waals surface area contributed by atoms with Gasteiger partial charge < -0.3 is 0 Å². The molecule has 2 fully saturated rings. The van der Waals surface area contributed by atoms with Crippen LogP contribution < -0.4 is 0 Å². The quantitative estimate of drug-likeness (QED) is 0.584. The summed E-state index contributed by atoms with van der Waals surface area (Å²) in [5.74, 6) is 6.10. The molecule has 0 aromatic heterocycles. The highest BCUT2D eigenvalue weighted by molar-refractivity contribution is 4.90. The van der Waals surface area contributed by atoms with Gasteiger partial charge in [0.25, 0.3) is 0 Å². The van der Waals surface area contributed by atoms with Crippen LogP contribution >= 0.6 is 0 Å². The van der Waals surface area contributed by atoms with E-state index in [1.807, 2.05) is 0 Å². The van der Waals surface area contributed by atoms with Crippen molar-refractivity contribution in [3.63, 3.8) is 0 Å². The first-order chi connectivity index (χ1) is 7.09. The van der Waals surface area contributed by atoms with Gasteiger partial charge >= 0.3 is 0 Å². The molecule has 88 valence electrons. The highest BCUT2D eigenvalue weighted by atomic mass is 14.5. The van der Waals surface area contributed by atoms with Gasteiger partial charge in [-0.05, 0) is 54.8 Å². The fraction of sp³-hybridized carbons (Fsp3) is 1.00. The van der Waals surface area contributed by atoms with Gasteiger partial charge in [0, 0.05) is 0 Å². The Kier molecular flexibility index (Phi) is 3.42. The minimum Gasteiger partial charge on any atom is -0.0625 e. The minimum atomic E-state index is 0.912. The molecule has 2 rings (SSSR count). The van der Waals surface area contributed by atoms with E-state index < -0.39 is 0 Å². The molecule has 0 aromatic rings. The molecule has 2 aliphatic carbocycles. The molecule has 2 aliphatic rings. The molecule has 5 atom stereocenters. The Balaban J connectivity index is 2.10. The molecule has 2 saturated carbocycles. The average molecular weight is 208 g/mol. The van der Waals surface area contributed by atoms with Crippen molar-refractivity contribution in [1.82, 2.24) is 0 Å². The molecule has 0 aromatic carbocycles. The first-order valence-corrected chi connectivity index (χ1v) is 7.09. The normalized spacial score (nSPS) is 46.6. The van der Waals surface area contributed by atoms with Crippen LogP contribution in [-0.2, 0) is 0 Å². The van der Waals surface area contributed by atoms with E-state index >= 15 is 0 Å². The molecule has 0 saturated heterocycles. The predicted molar refractivity (Wildman–Crippen MR) is 66.7 cm³/mol. The highest BCUT2D eigenvalue weighted by Gasteiger charge is 2.41. The summed E-state index contributed by atoms with van der Waals surface area (Å²) in [6, 6.07) is 0. The fourth-order valence-electron chi connectivity index (χ4n) is 4.36. The maximum atomic E-state index is 2.50. The monoisotopic (exact) mass is 208 g/mol. The summed E-state index contributed by atoms with van der Waals surface area (Å²) in [6.45, 7) is 9.85. The zero-order valence-corrected chi connectivity index (χ0v) is 11.0. The molecule has 0 N–H and O–H groups in total. The van der Waals surface area contributed by atoms with Crippen LogP contribution in [0.2, 0.25) is 0 Å². The number of hydrogen-bond donors (Lipinski definition) is 0. The van der Waals surface area contributed by atoms with Crippen LogP contribution in [-0.4, -0.2) is 0 Å². The largest absolute Gasteiger partial charge is 0.0625 e. The van der Waals surface area contributed by atoms with Gasteiger partial charge in [-0.25, -0.2) is 0 Å². The van der Waals surface area contributed by atoms with Gasteiger partial charge in [0.2, 0.25) is 0 Å².